The summed E-state index contributed by atoms with van der Waals surface area (Å²) < 4.78 is 13.3. The molecule has 3 aromatic carbocycles. The summed E-state index contributed by atoms with van der Waals surface area (Å²) in [5.41, 5.74) is 2.75. The van der Waals surface area contributed by atoms with Crippen LogP contribution in [0.1, 0.15) is 11.1 Å². The van der Waals surface area contributed by atoms with Crippen LogP contribution in [0.5, 0.6) is 11.5 Å². The number of ether oxygens (including phenoxy) is 2. The van der Waals surface area contributed by atoms with Gasteiger partial charge in [0, 0.05) is 10.6 Å². The molecule has 4 rings (SSSR count). The Labute approximate surface area is 189 Å². The Balaban J connectivity index is 1.55. The summed E-state index contributed by atoms with van der Waals surface area (Å²) in [4.78, 5) is 0. The molecule has 0 spiro atoms. The van der Waals surface area contributed by atoms with E-state index in [1.54, 1.807) is 30.1 Å². The maximum atomic E-state index is 5.98. The molecule has 8 heteroatoms. The molecule has 0 unspecified atom stereocenters. The first-order valence-corrected chi connectivity index (χ1v) is 10.2. The molecule has 0 aliphatic rings. The molecule has 0 saturated carbocycles. The summed E-state index contributed by atoms with van der Waals surface area (Å²) in [5, 5.41) is 12.2. The van der Waals surface area contributed by atoms with Gasteiger partial charge in [-0.05, 0) is 65.8 Å². The molecule has 0 amide bonds. The van der Waals surface area contributed by atoms with Gasteiger partial charge < -0.3 is 9.47 Å². The molecule has 0 aliphatic carbocycles. The third-order valence-electron chi connectivity index (χ3n) is 4.50. The zero-order chi connectivity index (χ0) is 21.6. The fourth-order valence-electron chi connectivity index (χ4n) is 2.93. The van der Waals surface area contributed by atoms with Gasteiger partial charge in [-0.25, -0.2) is 5.10 Å². The molecule has 0 fully saturated rings. The lowest BCUT2D eigenvalue weighted by molar-refractivity contribution is 0.284. The number of hydrogen-bond donors (Lipinski definition) is 1. The van der Waals surface area contributed by atoms with Crippen LogP contribution < -0.4 is 9.47 Å². The topological polar surface area (TPSA) is 64.4 Å². The number of aromatic nitrogens is 3. The van der Waals surface area contributed by atoms with E-state index in [2.05, 4.69) is 15.3 Å². The molecule has 156 valence electrons. The Morgan fingerprint density at radius 3 is 2.58 bits per heavy atom. The SMILES string of the molecule is COc1cc(/C=N/n2c(-c3ccc(Cl)cc3)n[nH]c2=S)ccc1OCc1ccccc1. The number of nitrogens with zero attached hydrogens (tertiary/aromatic N) is 3. The predicted molar refractivity (Wildman–Crippen MR) is 125 cm³/mol. The van der Waals surface area contributed by atoms with E-state index in [1.165, 1.54) is 0 Å². The number of rotatable bonds is 7. The van der Waals surface area contributed by atoms with E-state index in [4.69, 9.17) is 33.3 Å². The maximum Gasteiger partial charge on any atom is 0.216 e. The van der Waals surface area contributed by atoms with Crippen LogP contribution >= 0.6 is 23.8 Å². The van der Waals surface area contributed by atoms with Crippen LogP contribution in [0.15, 0.2) is 77.9 Å². The second kappa shape index (κ2) is 9.59. The normalized spacial score (nSPS) is 11.0. The number of benzene rings is 3. The smallest absolute Gasteiger partial charge is 0.216 e. The third kappa shape index (κ3) is 5.02. The summed E-state index contributed by atoms with van der Waals surface area (Å²) >= 11 is 11.3. The Hall–Kier alpha value is -3.42. The van der Waals surface area contributed by atoms with Gasteiger partial charge in [0.05, 0.1) is 13.3 Å². The van der Waals surface area contributed by atoms with Crippen molar-refractivity contribution in [3.05, 3.63) is 93.7 Å². The molecule has 0 atom stereocenters. The van der Waals surface area contributed by atoms with Crippen molar-refractivity contribution in [1.82, 2.24) is 14.9 Å². The number of halogens is 1. The van der Waals surface area contributed by atoms with Gasteiger partial charge in [-0.15, -0.1) is 0 Å². The highest BCUT2D eigenvalue weighted by atomic mass is 35.5. The Kier molecular flexibility index (Phi) is 6.45. The molecule has 0 aliphatic heterocycles. The molecule has 4 aromatic rings. The number of nitrogens with one attached hydrogen (secondary N) is 1. The van der Waals surface area contributed by atoms with Gasteiger partial charge in [0.2, 0.25) is 4.77 Å². The van der Waals surface area contributed by atoms with Crippen LogP contribution in [0.25, 0.3) is 11.4 Å². The number of aromatic amines is 1. The lowest BCUT2D eigenvalue weighted by atomic mass is 10.2. The van der Waals surface area contributed by atoms with E-state index in [9.17, 15) is 0 Å². The molecule has 0 bridgehead atoms. The van der Waals surface area contributed by atoms with Gasteiger partial charge in [-0.1, -0.05) is 41.9 Å². The van der Waals surface area contributed by atoms with Gasteiger partial charge in [0.25, 0.3) is 0 Å². The summed E-state index contributed by atoms with van der Waals surface area (Å²) in [6.07, 6.45) is 1.69. The zero-order valence-corrected chi connectivity index (χ0v) is 18.2. The highest BCUT2D eigenvalue weighted by Crippen LogP contribution is 2.28. The fraction of sp³-hybridized carbons (Fsp3) is 0.0870. The van der Waals surface area contributed by atoms with Gasteiger partial charge in [0.15, 0.2) is 17.3 Å². The first-order chi connectivity index (χ1) is 15.1. The molecule has 0 saturated heterocycles. The van der Waals surface area contributed by atoms with Crippen molar-refractivity contribution in [3.8, 4) is 22.9 Å². The second-order valence-electron chi connectivity index (χ2n) is 6.60. The van der Waals surface area contributed by atoms with Crippen molar-refractivity contribution >= 4 is 30.0 Å². The summed E-state index contributed by atoms with van der Waals surface area (Å²) in [6.45, 7) is 0.458. The Morgan fingerprint density at radius 1 is 1.06 bits per heavy atom. The van der Waals surface area contributed by atoms with Crippen molar-refractivity contribution in [3.63, 3.8) is 0 Å². The van der Waals surface area contributed by atoms with Gasteiger partial charge in [-0.3, -0.25) is 0 Å². The van der Waals surface area contributed by atoms with E-state index in [0.29, 0.717) is 33.7 Å². The average Bonchev–Trinajstić information content (AvgIpc) is 3.18. The highest BCUT2D eigenvalue weighted by molar-refractivity contribution is 7.71. The summed E-state index contributed by atoms with van der Waals surface area (Å²) in [7, 11) is 1.61. The van der Waals surface area contributed by atoms with E-state index in [0.717, 1.165) is 16.7 Å². The summed E-state index contributed by atoms with van der Waals surface area (Å²) in [5.74, 6) is 1.87. The van der Waals surface area contributed by atoms with Gasteiger partial charge in [-0.2, -0.15) is 14.9 Å². The van der Waals surface area contributed by atoms with Crippen molar-refractivity contribution in [2.45, 2.75) is 6.61 Å². The van der Waals surface area contributed by atoms with Crippen molar-refractivity contribution in [1.29, 1.82) is 0 Å². The fourth-order valence-corrected chi connectivity index (χ4v) is 3.23. The average molecular weight is 451 g/mol. The molecule has 1 N–H and O–H groups in total. The lowest BCUT2D eigenvalue weighted by Crippen LogP contribution is -1.99. The lowest BCUT2D eigenvalue weighted by Gasteiger charge is -2.11. The van der Waals surface area contributed by atoms with Crippen LogP contribution in [0.3, 0.4) is 0 Å². The minimum atomic E-state index is 0.385. The molecule has 6 nitrogen and oxygen atoms in total. The largest absolute Gasteiger partial charge is 0.493 e. The van der Waals surface area contributed by atoms with Crippen molar-refractivity contribution < 1.29 is 9.47 Å². The minimum Gasteiger partial charge on any atom is -0.493 e. The first-order valence-electron chi connectivity index (χ1n) is 9.46. The number of methoxy groups -OCH3 is 1. The number of hydrogen-bond acceptors (Lipinski definition) is 5. The second-order valence-corrected chi connectivity index (χ2v) is 7.42. The molecular formula is C23H19ClN4O2S. The van der Waals surface area contributed by atoms with Crippen LogP contribution in [-0.2, 0) is 6.61 Å². The van der Waals surface area contributed by atoms with Crippen LogP contribution in [0, 0.1) is 4.77 Å². The number of H-pyrrole nitrogens is 1. The van der Waals surface area contributed by atoms with Crippen LogP contribution in [-0.4, -0.2) is 28.2 Å². The van der Waals surface area contributed by atoms with Gasteiger partial charge >= 0.3 is 0 Å². The minimum absolute atomic E-state index is 0.385. The Morgan fingerprint density at radius 2 is 1.84 bits per heavy atom. The van der Waals surface area contributed by atoms with E-state index < -0.39 is 0 Å². The predicted octanol–water partition coefficient (Wildman–Crippen LogP) is 5.73. The molecular weight excluding hydrogens is 432 g/mol. The summed E-state index contributed by atoms with van der Waals surface area (Å²) in [6, 6.07) is 22.9. The van der Waals surface area contributed by atoms with Crippen molar-refractivity contribution in [2.75, 3.05) is 7.11 Å². The standard InChI is InChI=1S/C23H19ClN4O2S/c1-29-21-13-17(7-12-20(21)30-15-16-5-3-2-4-6-16)14-25-28-22(26-27-23(28)31)18-8-10-19(24)11-9-18/h2-14H,15H2,1H3,(H,27,31)/b25-14+. The quantitative estimate of drug-likeness (QED) is 0.288. The first kappa shape index (κ1) is 20.8. The highest BCUT2D eigenvalue weighted by Gasteiger charge is 2.09. The van der Waals surface area contributed by atoms with E-state index in [1.807, 2.05) is 60.7 Å². The molecule has 31 heavy (non-hydrogen) atoms. The Bertz CT molecular complexity index is 1250. The van der Waals surface area contributed by atoms with Crippen LogP contribution in [0.2, 0.25) is 5.02 Å². The van der Waals surface area contributed by atoms with E-state index in [-0.39, 0.29) is 0 Å². The van der Waals surface area contributed by atoms with Crippen LogP contribution in [0.4, 0.5) is 0 Å². The zero-order valence-electron chi connectivity index (χ0n) is 16.7. The van der Waals surface area contributed by atoms with E-state index >= 15 is 0 Å². The van der Waals surface area contributed by atoms with Gasteiger partial charge in [0.1, 0.15) is 6.61 Å². The maximum absolute atomic E-state index is 5.98. The van der Waals surface area contributed by atoms with Crippen molar-refractivity contribution in [2.24, 2.45) is 5.10 Å². The molecule has 0 radical (unpaired) electrons. The third-order valence-corrected chi connectivity index (χ3v) is 5.02. The molecule has 1 heterocycles. The monoisotopic (exact) mass is 450 g/mol. The molecule has 1 aromatic heterocycles.